The number of anilines is 1. The van der Waals surface area contributed by atoms with Crippen LogP contribution in [-0.4, -0.2) is 41.8 Å². The van der Waals surface area contributed by atoms with Crippen molar-refractivity contribution >= 4 is 35.0 Å². The molecule has 2 aromatic carbocycles. The molecule has 29 heavy (non-hydrogen) atoms. The summed E-state index contributed by atoms with van der Waals surface area (Å²) >= 11 is 5.87. The molecule has 1 aliphatic heterocycles. The minimum absolute atomic E-state index is 0.161. The van der Waals surface area contributed by atoms with Gasteiger partial charge in [-0.15, -0.1) is 0 Å². The molecule has 1 heterocycles. The molecule has 7 nitrogen and oxygen atoms in total. The zero-order valence-electron chi connectivity index (χ0n) is 15.9. The van der Waals surface area contributed by atoms with Crippen molar-refractivity contribution in [2.24, 2.45) is 5.73 Å². The molecule has 2 aromatic rings. The Labute approximate surface area is 174 Å². The Kier molecular flexibility index (Phi) is 6.85. The van der Waals surface area contributed by atoms with E-state index in [9.17, 15) is 14.4 Å². The van der Waals surface area contributed by atoms with Gasteiger partial charge in [-0.05, 0) is 55.3 Å². The van der Waals surface area contributed by atoms with Crippen LogP contribution >= 0.6 is 11.6 Å². The van der Waals surface area contributed by atoms with Crippen LogP contribution in [0.25, 0.3) is 0 Å². The Bertz CT molecular complexity index is 918. The number of primary amides is 1. The summed E-state index contributed by atoms with van der Waals surface area (Å²) in [6, 6.07) is 13.7. The lowest BCUT2D eigenvalue weighted by Crippen LogP contribution is -2.39. The number of rotatable bonds is 7. The number of nitrogens with zero attached hydrogens (tertiary/aromatic N) is 1. The van der Waals surface area contributed by atoms with E-state index in [4.69, 9.17) is 17.3 Å². The van der Waals surface area contributed by atoms with Gasteiger partial charge in [-0.1, -0.05) is 29.8 Å². The highest BCUT2D eigenvalue weighted by Gasteiger charge is 2.28. The minimum atomic E-state index is -0.372. The fraction of sp³-hybridized carbons (Fsp3) is 0.286. The molecule has 1 fully saturated rings. The van der Waals surface area contributed by atoms with E-state index in [1.165, 1.54) is 6.07 Å². The molecule has 1 unspecified atom stereocenters. The van der Waals surface area contributed by atoms with Crippen LogP contribution in [0.4, 0.5) is 5.69 Å². The average molecular weight is 415 g/mol. The molecule has 1 saturated heterocycles. The maximum Gasteiger partial charge on any atom is 0.251 e. The summed E-state index contributed by atoms with van der Waals surface area (Å²) in [5, 5.41) is 5.79. The monoisotopic (exact) mass is 414 g/mol. The van der Waals surface area contributed by atoms with E-state index >= 15 is 0 Å². The molecule has 4 N–H and O–H groups in total. The number of nitrogens with one attached hydrogen (secondary N) is 2. The van der Waals surface area contributed by atoms with E-state index in [2.05, 4.69) is 15.5 Å². The lowest BCUT2D eigenvalue weighted by molar-refractivity contribution is -0.122. The van der Waals surface area contributed by atoms with Crippen molar-refractivity contribution in [3.8, 4) is 0 Å². The highest BCUT2D eigenvalue weighted by atomic mass is 35.5. The Morgan fingerprint density at radius 1 is 1.14 bits per heavy atom. The Hall–Kier alpha value is -2.90. The molecule has 0 bridgehead atoms. The number of hydrogen-bond acceptors (Lipinski definition) is 4. The number of likely N-dealkylation sites (tertiary alicyclic amines) is 1. The molecule has 3 rings (SSSR count). The lowest BCUT2D eigenvalue weighted by Gasteiger charge is -2.22. The Balaban J connectivity index is 1.53. The van der Waals surface area contributed by atoms with Gasteiger partial charge in [0, 0.05) is 22.8 Å². The zero-order valence-corrected chi connectivity index (χ0v) is 16.6. The normalized spacial score (nSPS) is 16.4. The van der Waals surface area contributed by atoms with Crippen LogP contribution in [0.2, 0.25) is 5.02 Å². The number of carbonyl (C=O) groups excluding carboxylic acids is 3. The van der Waals surface area contributed by atoms with Crippen LogP contribution < -0.4 is 16.4 Å². The minimum Gasteiger partial charge on any atom is -0.368 e. The molecule has 152 valence electrons. The van der Waals surface area contributed by atoms with Crippen molar-refractivity contribution < 1.29 is 14.4 Å². The summed E-state index contributed by atoms with van der Waals surface area (Å²) in [6.45, 7) is 1.24. The van der Waals surface area contributed by atoms with Gasteiger partial charge < -0.3 is 16.4 Å². The van der Waals surface area contributed by atoms with Crippen molar-refractivity contribution in [3.63, 3.8) is 0 Å². The molecular formula is C21H23ClN4O3. The topological polar surface area (TPSA) is 105 Å². The first-order chi connectivity index (χ1) is 13.9. The van der Waals surface area contributed by atoms with Gasteiger partial charge in [0.05, 0.1) is 12.6 Å². The number of carbonyl (C=O) groups is 3. The van der Waals surface area contributed by atoms with Gasteiger partial charge in [-0.25, -0.2) is 0 Å². The van der Waals surface area contributed by atoms with Crippen molar-refractivity contribution in [2.75, 3.05) is 18.4 Å². The van der Waals surface area contributed by atoms with Crippen LogP contribution in [-0.2, 0) is 16.1 Å². The number of nitrogens with two attached hydrogens (primary N) is 1. The molecule has 1 aliphatic rings. The van der Waals surface area contributed by atoms with Crippen LogP contribution in [0.15, 0.2) is 48.5 Å². The molecule has 0 aliphatic carbocycles. The van der Waals surface area contributed by atoms with Gasteiger partial charge in [0.25, 0.3) is 5.91 Å². The van der Waals surface area contributed by atoms with Crippen molar-refractivity contribution in [1.29, 1.82) is 0 Å². The zero-order chi connectivity index (χ0) is 20.8. The summed E-state index contributed by atoms with van der Waals surface area (Å²) in [4.78, 5) is 37.9. The summed E-state index contributed by atoms with van der Waals surface area (Å²) in [6.07, 6.45) is 1.72. The lowest BCUT2D eigenvalue weighted by atomic mass is 10.1. The van der Waals surface area contributed by atoms with Gasteiger partial charge >= 0.3 is 0 Å². The standard InChI is InChI=1S/C21H23ClN4O3/c22-16-6-2-5-15(11-16)21(29)24-12-19(27)25-17-7-1-4-14(10-17)13-26-9-3-8-18(26)20(23)28/h1-2,4-7,10-11,18H,3,8-9,12-13H2,(H2,23,28)(H,24,29)(H,25,27). The number of amides is 3. The molecule has 1 atom stereocenters. The van der Waals surface area contributed by atoms with Crippen LogP contribution in [0.1, 0.15) is 28.8 Å². The van der Waals surface area contributed by atoms with Gasteiger partial charge in [0.15, 0.2) is 0 Å². The van der Waals surface area contributed by atoms with Gasteiger partial charge in [0.2, 0.25) is 11.8 Å². The third-order valence-electron chi connectivity index (χ3n) is 4.78. The highest BCUT2D eigenvalue weighted by Crippen LogP contribution is 2.21. The van der Waals surface area contributed by atoms with E-state index in [0.29, 0.717) is 22.8 Å². The van der Waals surface area contributed by atoms with E-state index in [1.54, 1.807) is 24.3 Å². The summed E-state index contributed by atoms with van der Waals surface area (Å²) in [5.74, 6) is -1.01. The predicted octanol–water partition coefficient (Wildman–Crippen LogP) is 2.16. The van der Waals surface area contributed by atoms with Crippen molar-refractivity contribution in [3.05, 3.63) is 64.7 Å². The quantitative estimate of drug-likeness (QED) is 0.645. The van der Waals surface area contributed by atoms with Gasteiger partial charge in [-0.3, -0.25) is 19.3 Å². The number of hydrogen-bond donors (Lipinski definition) is 3. The number of benzene rings is 2. The highest BCUT2D eigenvalue weighted by molar-refractivity contribution is 6.31. The largest absolute Gasteiger partial charge is 0.368 e. The average Bonchev–Trinajstić information content (AvgIpc) is 3.15. The van der Waals surface area contributed by atoms with E-state index in [0.717, 1.165) is 24.9 Å². The molecular weight excluding hydrogens is 392 g/mol. The second-order valence-corrected chi connectivity index (χ2v) is 7.41. The summed E-state index contributed by atoms with van der Waals surface area (Å²) < 4.78 is 0. The summed E-state index contributed by atoms with van der Waals surface area (Å²) in [7, 11) is 0. The van der Waals surface area contributed by atoms with Crippen molar-refractivity contribution in [2.45, 2.75) is 25.4 Å². The Morgan fingerprint density at radius 2 is 1.93 bits per heavy atom. The molecule has 0 saturated carbocycles. The maximum absolute atomic E-state index is 12.2. The van der Waals surface area contributed by atoms with Gasteiger partial charge in [-0.2, -0.15) is 0 Å². The number of halogens is 1. The molecule has 0 radical (unpaired) electrons. The third kappa shape index (κ3) is 5.79. The van der Waals surface area contributed by atoms with Crippen LogP contribution in [0.5, 0.6) is 0 Å². The van der Waals surface area contributed by atoms with Crippen LogP contribution in [0.3, 0.4) is 0 Å². The van der Waals surface area contributed by atoms with Crippen LogP contribution in [0, 0.1) is 0 Å². The molecule has 3 amide bonds. The predicted molar refractivity (Wildman–Crippen MR) is 111 cm³/mol. The van der Waals surface area contributed by atoms with E-state index in [1.807, 2.05) is 18.2 Å². The molecule has 0 spiro atoms. The molecule has 8 heteroatoms. The van der Waals surface area contributed by atoms with Gasteiger partial charge in [0.1, 0.15) is 0 Å². The Morgan fingerprint density at radius 3 is 2.69 bits per heavy atom. The summed E-state index contributed by atoms with van der Waals surface area (Å²) in [5.41, 5.74) is 7.45. The van der Waals surface area contributed by atoms with E-state index < -0.39 is 0 Å². The van der Waals surface area contributed by atoms with E-state index in [-0.39, 0.29) is 30.3 Å². The van der Waals surface area contributed by atoms with Crippen molar-refractivity contribution in [1.82, 2.24) is 10.2 Å². The second kappa shape index (κ2) is 9.54. The SMILES string of the molecule is NC(=O)C1CCCN1Cc1cccc(NC(=O)CNC(=O)c2cccc(Cl)c2)c1. The fourth-order valence-corrected chi connectivity index (χ4v) is 3.61. The maximum atomic E-state index is 12.2. The smallest absolute Gasteiger partial charge is 0.251 e. The fourth-order valence-electron chi connectivity index (χ4n) is 3.42. The first-order valence-corrected chi connectivity index (χ1v) is 9.76. The third-order valence-corrected chi connectivity index (χ3v) is 5.02. The first kappa shape index (κ1) is 20.8. The second-order valence-electron chi connectivity index (χ2n) is 6.97. The molecule has 0 aromatic heterocycles. The first-order valence-electron chi connectivity index (χ1n) is 9.38.